The number of rotatable bonds is 2. The number of hydrogen-bond acceptors (Lipinski definition) is 4. The Kier molecular flexibility index (Phi) is 3.00. The second kappa shape index (κ2) is 4.29. The lowest BCUT2D eigenvalue weighted by molar-refractivity contribution is -0.117. The molecule has 1 aliphatic heterocycles. The van der Waals surface area contributed by atoms with Crippen LogP contribution in [-0.4, -0.2) is 32.6 Å². The molecule has 0 bridgehead atoms. The first-order chi connectivity index (χ1) is 7.58. The zero-order valence-corrected chi connectivity index (χ0v) is 10.0. The minimum atomic E-state index is 0.0577. The molecule has 6 heteroatoms. The zero-order chi connectivity index (χ0) is 11.7. The van der Waals surface area contributed by atoms with Crippen LogP contribution in [0.2, 0.25) is 0 Å². The van der Waals surface area contributed by atoms with E-state index in [0.717, 1.165) is 5.82 Å². The van der Waals surface area contributed by atoms with Gasteiger partial charge >= 0.3 is 0 Å². The second-order valence-corrected chi connectivity index (χ2v) is 5.23. The van der Waals surface area contributed by atoms with Gasteiger partial charge in [-0.25, -0.2) is 0 Å². The monoisotopic (exact) mass is 239 g/mol. The minimum absolute atomic E-state index is 0.0577. The summed E-state index contributed by atoms with van der Waals surface area (Å²) in [6.45, 7) is 2.12. The summed E-state index contributed by atoms with van der Waals surface area (Å²) in [5, 5.41) is 4.16. The van der Waals surface area contributed by atoms with Crippen LogP contribution < -0.4 is 4.90 Å². The number of hydrogen-bond donors (Lipinski definition) is 0. The standard InChI is InChI=1S/C10H13N3O2S/c1-7(14)16-8-5-10(15)13(6-8)9-3-4-11-12(9)2/h3-4,8H,5-6H2,1-2H3. The Bertz CT molecular complexity index is 429. The van der Waals surface area contributed by atoms with Crippen molar-refractivity contribution in [1.82, 2.24) is 9.78 Å². The molecule has 1 unspecified atom stereocenters. The van der Waals surface area contributed by atoms with E-state index in [9.17, 15) is 9.59 Å². The summed E-state index contributed by atoms with van der Waals surface area (Å²) in [6.07, 6.45) is 2.09. The molecule has 2 rings (SSSR count). The number of nitrogens with zero attached hydrogens (tertiary/aromatic N) is 3. The Labute approximate surface area is 97.8 Å². The van der Waals surface area contributed by atoms with Gasteiger partial charge in [-0.15, -0.1) is 0 Å². The largest absolute Gasteiger partial charge is 0.296 e. The first-order valence-corrected chi connectivity index (χ1v) is 5.91. The van der Waals surface area contributed by atoms with Crippen LogP contribution in [-0.2, 0) is 16.6 Å². The fraction of sp³-hybridized carbons (Fsp3) is 0.500. The molecule has 0 radical (unpaired) electrons. The van der Waals surface area contributed by atoms with Gasteiger partial charge in [0, 0.05) is 38.3 Å². The van der Waals surface area contributed by atoms with Crippen molar-refractivity contribution in [3.63, 3.8) is 0 Å². The molecule has 1 atom stereocenters. The quantitative estimate of drug-likeness (QED) is 0.766. The molecule has 1 amide bonds. The smallest absolute Gasteiger partial charge is 0.229 e. The number of carbonyl (C=O) groups is 2. The van der Waals surface area contributed by atoms with E-state index < -0.39 is 0 Å². The zero-order valence-electron chi connectivity index (χ0n) is 9.21. The van der Waals surface area contributed by atoms with E-state index in [1.54, 1.807) is 28.9 Å². The van der Waals surface area contributed by atoms with E-state index in [0.29, 0.717) is 13.0 Å². The molecule has 1 aliphatic rings. The van der Waals surface area contributed by atoms with Gasteiger partial charge in [-0.3, -0.25) is 19.2 Å². The third kappa shape index (κ3) is 2.11. The van der Waals surface area contributed by atoms with Crippen molar-refractivity contribution in [3.05, 3.63) is 12.3 Å². The third-order valence-corrected chi connectivity index (χ3v) is 3.47. The lowest BCUT2D eigenvalue weighted by Gasteiger charge is -2.15. The Morgan fingerprint density at radius 1 is 1.62 bits per heavy atom. The predicted molar refractivity (Wildman–Crippen MR) is 62.2 cm³/mol. The van der Waals surface area contributed by atoms with Gasteiger partial charge in [0.1, 0.15) is 5.82 Å². The van der Waals surface area contributed by atoms with Crippen LogP contribution in [0.15, 0.2) is 12.3 Å². The average Bonchev–Trinajstić information content (AvgIpc) is 2.71. The van der Waals surface area contributed by atoms with Crippen molar-refractivity contribution in [2.24, 2.45) is 7.05 Å². The Balaban J connectivity index is 2.11. The van der Waals surface area contributed by atoms with Crippen LogP contribution in [0.3, 0.4) is 0 Å². The van der Waals surface area contributed by atoms with Gasteiger partial charge in [0.05, 0.1) is 6.20 Å². The van der Waals surface area contributed by atoms with Gasteiger partial charge < -0.3 is 0 Å². The van der Waals surface area contributed by atoms with Crippen molar-refractivity contribution in [1.29, 1.82) is 0 Å². The summed E-state index contributed by atoms with van der Waals surface area (Å²) < 4.78 is 1.67. The molecule has 0 saturated carbocycles. The first kappa shape index (κ1) is 11.2. The van der Waals surface area contributed by atoms with Gasteiger partial charge in [0.15, 0.2) is 5.12 Å². The van der Waals surface area contributed by atoms with Crippen molar-refractivity contribution < 1.29 is 9.59 Å². The molecule has 1 saturated heterocycles. The molecular formula is C10H13N3O2S. The third-order valence-electron chi connectivity index (χ3n) is 2.49. The summed E-state index contributed by atoms with van der Waals surface area (Å²) in [5.74, 6) is 0.846. The summed E-state index contributed by atoms with van der Waals surface area (Å²) in [5.41, 5.74) is 0. The lowest BCUT2D eigenvalue weighted by Crippen LogP contribution is -2.27. The fourth-order valence-corrected chi connectivity index (χ4v) is 2.76. The van der Waals surface area contributed by atoms with Crippen molar-refractivity contribution in [2.75, 3.05) is 11.4 Å². The summed E-state index contributed by atoms with van der Waals surface area (Å²) >= 11 is 1.24. The Hall–Kier alpha value is -1.30. The number of aryl methyl sites for hydroxylation is 1. The Morgan fingerprint density at radius 3 is 2.94 bits per heavy atom. The lowest BCUT2D eigenvalue weighted by atomic mass is 10.4. The van der Waals surface area contributed by atoms with E-state index in [1.807, 2.05) is 0 Å². The molecule has 1 aromatic heterocycles. The van der Waals surface area contributed by atoms with Crippen molar-refractivity contribution in [3.8, 4) is 0 Å². The van der Waals surface area contributed by atoms with Gasteiger partial charge in [0.2, 0.25) is 5.91 Å². The van der Waals surface area contributed by atoms with Crippen LogP contribution in [0, 0.1) is 0 Å². The van der Waals surface area contributed by atoms with E-state index in [2.05, 4.69) is 5.10 Å². The molecule has 1 fully saturated rings. The molecule has 16 heavy (non-hydrogen) atoms. The number of thioether (sulfide) groups is 1. The SMILES string of the molecule is CC(=O)SC1CC(=O)N(c2ccnn2C)C1. The summed E-state index contributed by atoms with van der Waals surface area (Å²) in [4.78, 5) is 24.4. The van der Waals surface area contributed by atoms with Crippen LogP contribution in [0.4, 0.5) is 5.82 Å². The molecule has 5 nitrogen and oxygen atoms in total. The molecule has 0 spiro atoms. The van der Waals surface area contributed by atoms with Crippen molar-refractivity contribution in [2.45, 2.75) is 18.6 Å². The van der Waals surface area contributed by atoms with Crippen LogP contribution in [0.25, 0.3) is 0 Å². The first-order valence-electron chi connectivity index (χ1n) is 5.03. The van der Waals surface area contributed by atoms with Gasteiger partial charge in [-0.05, 0) is 0 Å². The van der Waals surface area contributed by atoms with Gasteiger partial charge in [-0.2, -0.15) is 5.10 Å². The summed E-state index contributed by atoms with van der Waals surface area (Å²) in [7, 11) is 1.80. The number of carbonyl (C=O) groups excluding carboxylic acids is 2. The van der Waals surface area contributed by atoms with Crippen LogP contribution in [0.5, 0.6) is 0 Å². The molecule has 0 aromatic carbocycles. The fourth-order valence-electron chi connectivity index (χ4n) is 1.84. The highest BCUT2D eigenvalue weighted by atomic mass is 32.2. The topological polar surface area (TPSA) is 55.2 Å². The Morgan fingerprint density at radius 2 is 2.38 bits per heavy atom. The highest BCUT2D eigenvalue weighted by Gasteiger charge is 2.33. The highest BCUT2D eigenvalue weighted by molar-refractivity contribution is 8.14. The predicted octanol–water partition coefficient (Wildman–Crippen LogP) is 0.805. The second-order valence-electron chi connectivity index (χ2n) is 3.75. The van der Waals surface area contributed by atoms with Gasteiger partial charge in [-0.1, -0.05) is 11.8 Å². The van der Waals surface area contributed by atoms with Crippen LogP contribution in [0.1, 0.15) is 13.3 Å². The van der Waals surface area contributed by atoms with E-state index in [-0.39, 0.29) is 16.3 Å². The van der Waals surface area contributed by atoms with E-state index in [1.165, 1.54) is 18.7 Å². The van der Waals surface area contributed by atoms with E-state index >= 15 is 0 Å². The minimum Gasteiger partial charge on any atom is -0.296 e. The molecule has 0 N–H and O–H groups in total. The molecule has 1 aromatic rings. The van der Waals surface area contributed by atoms with Gasteiger partial charge in [0.25, 0.3) is 0 Å². The molecule has 86 valence electrons. The maximum absolute atomic E-state index is 11.8. The maximum Gasteiger partial charge on any atom is 0.229 e. The number of amides is 1. The summed E-state index contributed by atoms with van der Waals surface area (Å²) in [6, 6.07) is 1.80. The molecular weight excluding hydrogens is 226 g/mol. The molecule has 2 heterocycles. The number of anilines is 1. The van der Waals surface area contributed by atoms with Crippen LogP contribution >= 0.6 is 11.8 Å². The molecule has 0 aliphatic carbocycles. The average molecular weight is 239 g/mol. The normalized spacial score (nSPS) is 20.5. The highest BCUT2D eigenvalue weighted by Crippen LogP contribution is 2.27. The van der Waals surface area contributed by atoms with Crippen molar-refractivity contribution >= 4 is 28.6 Å². The van der Waals surface area contributed by atoms with E-state index in [4.69, 9.17) is 0 Å². The maximum atomic E-state index is 11.8. The number of aromatic nitrogens is 2.